The number of likely N-dealkylation sites (N-methyl/N-ethyl adjacent to an activating group) is 1. The average Bonchev–Trinajstić information content (AvgIpc) is 3.00. The number of carbonyl (C=O) groups excluding carboxylic acids is 1. The third-order valence-corrected chi connectivity index (χ3v) is 5.40. The van der Waals surface area contributed by atoms with Gasteiger partial charge in [0.2, 0.25) is 5.91 Å². The quantitative estimate of drug-likeness (QED) is 0.606. The molecule has 0 unspecified atom stereocenters. The van der Waals surface area contributed by atoms with Crippen LogP contribution in [0.15, 0.2) is 36.4 Å². The zero-order valence-electron chi connectivity index (χ0n) is 14.9. The number of fused-ring (bicyclic) bond motifs is 1. The number of thiazole rings is 1. The van der Waals surface area contributed by atoms with Gasteiger partial charge in [-0.05, 0) is 31.8 Å². The van der Waals surface area contributed by atoms with Crippen LogP contribution in [0.4, 0.5) is 13.9 Å². The molecule has 0 saturated carbocycles. The molecular weight excluding hydrogens is 392 g/mol. The van der Waals surface area contributed by atoms with Gasteiger partial charge in [0.05, 0.1) is 11.1 Å². The first-order valence-electron chi connectivity index (χ1n) is 8.29. The smallest absolute Gasteiger partial charge is 0.233 e. The molecule has 0 saturated heterocycles. The van der Waals surface area contributed by atoms with Crippen LogP contribution in [0.3, 0.4) is 0 Å². The Labute approximate surface area is 165 Å². The zero-order chi connectivity index (χ0) is 19.6. The fourth-order valence-electron chi connectivity index (χ4n) is 2.59. The summed E-state index contributed by atoms with van der Waals surface area (Å²) in [5, 5.41) is 0.851. The highest BCUT2D eigenvalue weighted by atomic mass is 35.5. The summed E-state index contributed by atoms with van der Waals surface area (Å²) in [7, 11) is 3.79. The first-order chi connectivity index (χ1) is 12.8. The van der Waals surface area contributed by atoms with Gasteiger partial charge in [0, 0.05) is 24.2 Å². The molecule has 2 aromatic carbocycles. The van der Waals surface area contributed by atoms with Gasteiger partial charge in [-0.1, -0.05) is 41.1 Å². The van der Waals surface area contributed by atoms with E-state index in [2.05, 4.69) is 4.98 Å². The van der Waals surface area contributed by atoms with Crippen LogP contribution in [0.1, 0.15) is 5.56 Å². The van der Waals surface area contributed by atoms with Crippen molar-refractivity contribution in [2.24, 2.45) is 0 Å². The number of rotatable bonds is 6. The SMILES string of the molecule is CN(C)CCN(C(=O)Cc1ccccc1Cl)c1nc2c(F)cc(F)cc2s1. The van der Waals surface area contributed by atoms with Gasteiger partial charge in [-0.2, -0.15) is 0 Å². The van der Waals surface area contributed by atoms with Crippen LogP contribution in [-0.2, 0) is 11.2 Å². The molecule has 3 aromatic rings. The number of hydrogen-bond donors (Lipinski definition) is 0. The third kappa shape index (κ3) is 4.61. The molecule has 3 rings (SSSR count). The number of aromatic nitrogens is 1. The molecule has 1 heterocycles. The van der Waals surface area contributed by atoms with E-state index in [4.69, 9.17) is 11.6 Å². The molecule has 0 bridgehead atoms. The molecule has 0 radical (unpaired) electrons. The standard InChI is InChI=1S/C19H18ClF2N3OS/c1-24(2)7-8-25(17(26)9-12-5-3-4-6-14(12)20)19-23-18-15(22)10-13(21)11-16(18)27-19/h3-6,10-11H,7-9H2,1-2H3. The lowest BCUT2D eigenvalue weighted by molar-refractivity contribution is -0.118. The molecule has 0 atom stereocenters. The van der Waals surface area contributed by atoms with Crippen LogP contribution in [-0.4, -0.2) is 43.0 Å². The summed E-state index contributed by atoms with van der Waals surface area (Å²) in [6.45, 7) is 0.973. The molecule has 0 aliphatic carbocycles. The van der Waals surface area contributed by atoms with Crippen molar-refractivity contribution < 1.29 is 13.6 Å². The summed E-state index contributed by atoms with van der Waals surface area (Å²) in [6, 6.07) is 9.14. The topological polar surface area (TPSA) is 36.4 Å². The molecule has 0 spiro atoms. The van der Waals surface area contributed by atoms with Crippen molar-refractivity contribution in [2.75, 3.05) is 32.1 Å². The molecule has 4 nitrogen and oxygen atoms in total. The van der Waals surface area contributed by atoms with E-state index < -0.39 is 11.6 Å². The summed E-state index contributed by atoms with van der Waals surface area (Å²) in [4.78, 5) is 20.6. The van der Waals surface area contributed by atoms with Crippen molar-refractivity contribution in [1.82, 2.24) is 9.88 Å². The van der Waals surface area contributed by atoms with E-state index in [0.717, 1.165) is 17.4 Å². The minimum absolute atomic E-state index is 0.0665. The van der Waals surface area contributed by atoms with Crippen molar-refractivity contribution in [1.29, 1.82) is 0 Å². The van der Waals surface area contributed by atoms with Gasteiger partial charge in [0.25, 0.3) is 0 Å². The summed E-state index contributed by atoms with van der Waals surface area (Å²) in [5.74, 6) is -1.61. The van der Waals surface area contributed by atoms with Gasteiger partial charge < -0.3 is 4.90 Å². The van der Waals surface area contributed by atoms with E-state index in [1.165, 1.54) is 11.0 Å². The van der Waals surface area contributed by atoms with Gasteiger partial charge in [-0.15, -0.1) is 0 Å². The molecule has 0 aliphatic rings. The Kier molecular flexibility index (Phi) is 6.04. The van der Waals surface area contributed by atoms with Crippen molar-refractivity contribution in [3.8, 4) is 0 Å². The Morgan fingerprint density at radius 1 is 1.19 bits per heavy atom. The van der Waals surface area contributed by atoms with Crippen molar-refractivity contribution in [3.05, 3.63) is 58.6 Å². The Hall–Kier alpha value is -2.09. The minimum atomic E-state index is -0.737. The minimum Gasteiger partial charge on any atom is -0.308 e. The maximum atomic E-state index is 14.0. The molecule has 0 fully saturated rings. The fraction of sp³-hybridized carbons (Fsp3) is 0.263. The maximum Gasteiger partial charge on any atom is 0.233 e. The molecular formula is C19H18ClF2N3OS. The maximum absolute atomic E-state index is 14.0. The zero-order valence-corrected chi connectivity index (χ0v) is 16.4. The Balaban J connectivity index is 1.94. The van der Waals surface area contributed by atoms with Crippen molar-refractivity contribution >= 4 is 44.2 Å². The summed E-state index contributed by atoms with van der Waals surface area (Å²) in [6.07, 6.45) is 0.0971. The average molecular weight is 410 g/mol. The highest BCUT2D eigenvalue weighted by Gasteiger charge is 2.22. The van der Waals surface area contributed by atoms with E-state index >= 15 is 0 Å². The van der Waals surface area contributed by atoms with E-state index in [-0.39, 0.29) is 17.8 Å². The first kappa shape index (κ1) is 19.7. The number of amides is 1. The number of anilines is 1. The van der Waals surface area contributed by atoms with E-state index in [1.54, 1.807) is 18.2 Å². The van der Waals surface area contributed by atoms with Gasteiger partial charge in [-0.25, -0.2) is 13.8 Å². The highest BCUT2D eigenvalue weighted by Crippen LogP contribution is 2.31. The second-order valence-electron chi connectivity index (χ2n) is 6.35. The summed E-state index contributed by atoms with van der Waals surface area (Å²) < 4.78 is 27.9. The number of nitrogens with zero attached hydrogens (tertiary/aromatic N) is 3. The fourth-order valence-corrected chi connectivity index (χ4v) is 3.84. The Morgan fingerprint density at radius 3 is 2.63 bits per heavy atom. The second-order valence-corrected chi connectivity index (χ2v) is 7.76. The van der Waals surface area contributed by atoms with E-state index in [1.807, 2.05) is 25.1 Å². The predicted molar refractivity (Wildman–Crippen MR) is 106 cm³/mol. The lowest BCUT2D eigenvalue weighted by Gasteiger charge is -2.22. The van der Waals surface area contributed by atoms with Crippen LogP contribution < -0.4 is 4.90 Å². The normalized spacial score (nSPS) is 11.3. The molecule has 1 amide bonds. The van der Waals surface area contributed by atoms with Crippen molar-refractivity contribution in [2.45, 2.75) is 6.42 Å². The number of carbonyl (C=O) groups is 1. The Morgan fingerprint density at radius 2 is 1.93 bits per heavy atom. The van der Waals surface area contributed by atoms with E-state index in [0.29, 0.717) is 33.5 Å². The van der Waals surface area contributed by atoms with Gasteiger partial charge in [0.1, 0.15) is 11.3 Å². The predicted octanol–water partition coefficient (Wildman–Crippen LogP) is 4.37. The largest absolute Gasteiger partial charge is 0.308 e. The number of benzene rings is 2. The van der Waals surface area contributed by atoms with Crippen LogP contribution in [0.5, 0.6) is 0 Å². The van der Waals surface area contributed by atoms with E-state index in [9.17, 15) is 13.6 Å². The van der Waals surface area contributed by atoms with Gasteiger partial charge in [-0.3, -0.25) is 9.69 Å². The number of hydrogen-bond acceptors (Lipinski definition) is 4. The van der Waals surface area contributed by atoms with Crippen LogP contribution in [0, 0.1) is 11.6 Å². The third-order valence-electron chi connectivity index (χ3n) is 4.00. The van der Waals surface area contributed by atoms with Gasteiger partial charge in [0.15, 0.2) is 10.9 Å². The lowest BCUT2D eigenvalue weighted by Crippen LogP contribution is -2.37. The second kappa shape index (κ2) is 8.29. The first-order valence-corrected chi connectivity index (χ1v) is 9.48. The molecule has 27 heavy (non-hydrogen) atoms. The van der Waals surface area contributed by atoms with Crippen LogP contribution >= 0.6 is 22.9 Å². The monoisotopic (exact) mass is 409 g/mol. The molecule has 142 valence electrons. The highest BCUT2D eigenvalue weighted by molar-refractivity contribution is 7.22. The van der Waals surface area contributed by atoms with Gasteiger partial charge >= 0.3 is 0 Å². The molecule has 8 heteroatoms. The lowest BCUT2D eigenvalue weighted by atomic mass is 10.1. The summed E-state index contributed by atoms with van der Waals surface area (Å²) >= 11 is 7.26. The summed E-state index contributed by atoms with van der Waals surface area (Å²) in [5.41, 5.74) is 0.772. The Bertz CT molecular complexity index is 977. The van der Waals surface area contributed by atoms with Crippen LogP contribution in [0.25, 0.3) is 10.2 Å². The molecule has 1 aromatic heterocycles. The van der Waals surface area contributed by atoms with Crippen LogP contribution in [0.2, 0.25) is 5.02 Å². The molecule has 0 aliphatic heterocycles. The van der Waals surface area contributed by atoms with Crippen molar-refractivity contribution in [3.63, 3.8) is 0 Å². The molecule has 0 N–H and O–H groups in total. The number of halogens is 3.